The van der Waals surface area contributed by atoms with Gasteiger partial charge in [0.25, 0.3) is 0 Å². The zero-order chi connectivity index (χ0) is 19.2. The summed E-state index contributed by atoms with van der Waals surface area (Å²) in [6.07, 6.45) is 0.981. The topological polar surface area (TPSA) is 86.0 Å². The highest BCUT2D eigenvalue weighted by Gasteiger charge is 2.12. The van der Waals surface area contributed by atoms with Crippen LogP contribution in [0.5, 0.6) is 5.75 Å². The maximum absolute atomic E-state index is 5.35. The summed E-state index contributed by atoms with van der Waals surface area (Å²) in [4.78, 5) is 5.80. The first kappa shape index (κ1) is 18.9. The molecule has 4 rings (SSSR count). The van der Waals surface area contributed by atoms with Crippen LogP contribution in [0.3, 0.4) is 0 Å². The molecule has 144 valence electrons. The number of nitrogens with zero attached hydrogens (tertiary/aromatic N) is 4. The van der Waals surface area contributed by atoms with Crippen molar-refractivity contribution in [3.05, 3.63) is 52.5 Å². The van der Waals surface area contributed by atoms with Gasteiger partial charge in [0.05, 0.1) is 12.9 Å². The van der Waals surface area contributed by atoms with Crippen LogP contribution in [0.1, 0.15) is 10.8 Å². The van der Waals surface area contributed by atoms with E-state index in [1.807, 2.05) is 24.3 Å². The van der Waals surface area contributed by atoms with Crippen LogP contribution in [0.15, 0.2) is 50.6 Å². The Kier molecular flexibility index (Phi) is 6.20. The average Bonchev–Trinajstić information content (AvgIpc) is 3.48. The Hall–Kier alpha value is -2.43. The summed E-state index contributed by atoms with van der Waals surface area (Å²) in [6.45, 7) is 0.841. The van der Waals surface area contributed by atoms with Crippen LogP contribution in [0.25, 0.3) is 11.4 Å². The highest BCUT2D eigenvalue weighted by Crippen LogP contribution is 2.29. The van der Waals surface area contributed by atoms with Gasteiger partial charge in [-0.15, -0.1) is 21.5 Å². The molecule has 1 aromatic carbocycles. The molecule has 0 bridgehead atoms. The summed E-state index contributed by atoms with van der Waals surface area (Å²) in [5, 5.41) is 18.6. The lowest BCUT2D eigenvalue weighted by molar-refractivity contribution is 0.391. The van der Waals surface area contributed by atoms with Crippen molar-refractivity contribution in [2.24, 2.45) is 0 Å². The van der Waals surface area contributed by atoms with Crippen LogP contribution in [0.4, 0.5) is 5.13 Å². The van der Waals surface area contributed by atoms with Gasteiger partial charge in [-0.3, -0.25) is 0 Å². The SMILES string of the molecule is COc1cccc(-c2noc(CSc3nnc(NCCc4cccs4)s3)n2)c1. The van der Waals surface area contributed by atoms with Crippen molar-refractivity contribution in [1.29, 1.82) is 0 Å². The van der Waals surface area contributed by atoms with Crippen LogP contribution in [-0.2, 0) is 12.2 Å². The summed E-state index contributed by atoms with van der Waals surface area (Å²) in [7, 11) is 1.63. The molecule has 3 aromatic heterocycles. The van der Waals surface area contributed by atoms with Crippen molar-refractivity contribution in [2.75, 3.05) is 19.0 Å². The predicted octanol–water partition coefficient (Wildman–Crippen LogP) is 4.61. The molecule has 0 saturated carbocycles. The molecule has 0 radical (unpaired) electrons. The number of benzene rings is 1. The van der Waals surface area contributed by atoms with E-state index in [-0.39, 0.29) is 0 Å². The minimum atomic E-state index is 0.542. The van der Waals surface area contributed by atoms with Gasteiger partial charge in [0.1, 0.15) is 5.75 Å². The Morgan fingerprint density at radius 1 is 1.21 bits per heavy atom. The molecule has 0 spiro atoms. The van der Waals surface area contributed by atoms with E-state index in [4.69, 9.17) is 9.26 Å². The van der Waals surface area contributed by atoms with Crippen molar-refractivity contribution in [3.63, 3.8) is 0 Å². The van der Waals surface area contributed by atoms with Crippen LogP contribution in [0, 0.1) is 0 Å². The molecule has 28 heavy (non-hydrogen) atoms. The van der Waals surface area contributed by atoms with Crippen LogP contribution >= 0.6 is 34.4 Å². The van der Waals surface area contributed by atoms with Crippen LogP contribution < -0.4 is 10.1 Å². The van der Waals surface area contributed by atoms with E-state index in [1.165, 1.54) is 28.0 Å². The van der Waals surface area contributed by atoms with Crippen molar-refractivity contribution < 1.29 is 9.26 Å². The van der Waals surface area contributed by atoms with Gasteiger partial charge in [0, 0.05) is 17.0 Å². The summed E-state index contributed by atoms with van der Waals surface area (Å²) in [6, 6.07) is 11.8. The van der Waals surface area contributed by atoms with Crippen LogP contribution in [0.2, 0.25) is 0 Å². The predicted molar refractivity (Wildman–Crippen MR) is 112 cm³/mol. The first-order valence-corrected chi connectivity index (χ1v) is 11.2. The molecule has 0 aliphatic heterocycles. The fraction of sp³-hybridized carbons (Fsp3) is 0.222. The largest absolute Gasteiger partial charge is 0.497 e. The molecule has 0 aliphatic carbocycles. The molecule has 0 atom stereocenters. The normalized spacial score (nSPS) is 10.9. The van der Waals surface area contributed by atoms with Gasteiger partial charge in [-0.25, -0.2) is 0 Å². The molecule has 4 aromatic rings. The number of ether oxygens (including phenoxy) is 1. The zero-order valence-corrected chi connectivity index (χ0v) is 17.4. The number of hydrogen-bond acceptors (Lipinski definition) is 10. The Balaban J connectivity index is 1.29. The fourth-order valence-electron chi connectivity index (χ4n) is 2.40. The molecule has 0 aliphatic rings. The monoisotopic (exact) mass is 431 g/mol. The Bertz CT molecular complexity index is 1020. The lowest BCUT2D eigenvalue weighted by atomic mass is 10.2. The van der Waals surface area contributed by atoms with E-state index < -0.39 is 0 Å². The van der Waals surface area contributed by atoms with E-state index in [2.05, 4.69) is 43.2 Å². The number of rotatable bonds is 9. The summed E-state index contributed by atoms with van der Waals surface area (Å²) < 4.78 is 11.4. The second kappa shape index (κ2) is 9.18. The van der Waals surface area contributed by atoms with Gasteiger partial charge < -0.3 is 14.6 Å². The van der Waals surface area contributed by atoms with Crippen molar-refractivity contribution in [2.45, 2.75) is 16.5 Å². The highest BCUT2D eigenvalue weighted by atomic mass is 32.2. The number of hydrogen-bond donors (Lipinski definition) is 1. The zero-order valence-electron chi connectivity index (χ0n) is 15.0. The minimum absolute atomic E-state index is 0.542. The maximum Gasteiger partial charge on any atom is 0.237 e. The third kappa shape index (κ3) is 4.89. The second-order valence-electron chi connectivity index (χ2n) is 5.66. The van der Waals surface area contributed by atoms with Gasteiger partial charge in [-0.05, 0) is 30.0 Å². The molecule has 0 amide bonds. The summed E-state index contributed by atoms with van der Waals surface area (Å²) >= 11 is 4.82. The smallest absolute Gasteiger partial charge is 0.237 e. The van der Waals surface area contributed by atoms with E-state index in [0.29, 0.717) is 17.5 Å². The molecular formula is C18H17N5O2S3. The second-order valence-corrected chi connectivity index (χ2v) is 8.89. The van der Waals surface area contributed by atoms with Crippen molar-refractivity contribution in [3.8, 4) is 17.1 Å². The van der Waals surface area contributed by atoms with Gasteiger partial charge >= 0.3 is 0 Å². The highest BCUT2D eigenvalue weighted by molar-refractivity contribution is 8.00. The first-order chi connectivity index (χ1) is 13.8. The first-order valence-electron chi connectivity index (χ1n) is 8.50. The maximum atomic E-state index is 5.35. The fourth-order valence-corrected chi connectivity index (χ4v) is 4.73. The Labute approximate surface area is 174 Å². The van der Waals surface area contributed by atoms with Gasteiger partial charge in [-0.2, -0.15) is 4.98 Å². The number of aromatic nitrogens is 4. The molecular weight excluding hydrogens is 414 g/mol. The minimum Gasteiger partial charge on any atom is -0.497 e. The van der Waals surface area contributed by atoms with Gasteiger partial charge in [-0.1, -0.05) is 46.5 Å². The van der Waals surface area contributed by atoms with E-state index in [9.17, 15) is 0 Å². The lowest BCUT2D eigenvalue weighted by Crippen LogP contribution is -2.03. The number of nitrogens with one attached hydrogen (secondary N) is 1. The van der Waals surface area contributed by atoms with E-state index >= 15 is 0 Å². The molecule has 0 fully saturated rings. The summed E-state index contributed by atoms with van der Waals surface area (Å²) in [5.41, 5.74) is 0.854. The number of thiophene rings is 1. The van der Waals surface area contributed by atoms with Gasteiger partial charge in [0.2, 0.25) is 16.8 Å². The average molecular weight is 432 g/mol. The van der Waals surface area contributed by atoms with Crippen molar-refractivity contribution >= 4 is 39.6 Å². The van der Waals surface area contributed by atoms with Gasteiger partial charge in [0.15, 0.2) is 4.34 Å². The molecule has 1 N–H and O–H groups in total. The molecule has 7 nitrogen and oxygen atoms in total. The lowest BCUT2D eigenvalue weighted by Gasteiger charge is -1.99. The molecule has 3 heterocycles. The third-order valence-electron chi connectivity index (χ3n) is 3.75. The molecule has 0 unspecified atom stereocenters. The van der Waals surface area contributed by atoms with Crippen molar-refractivity contribution in [1.82, 2.24) is 20.3 Å². The number of anilines is 1. The molecule has 0 saturated heterocycles. The quantitative estimate of drug-likeness (QED) is 0.385. The van der Waals surface area contributed by atoms with E-state index in [0.717, 1.165) is 33.7 Å². The standard InChI is InChI=1S/C18H17N5O2S3/c1-24-13-5-2-4-12(10-13)16-20-15(25-23-16)11-27-18-22-21-17(28-18)19-8-7-14-6-3-9-26-14/h2-6,9-10H,7-8,11H2,1H3,(H,19,21). The summed E-state index contributed by atoms with van der Waals surface area (Å²) in [5.74, 6) is 2.39. The number of thioether (sulfide) groups is 1. The Morgan fingerprint density at radius 2 is 2.18 bits per heavy atom. The van der Waals surface area contributed by atoms with E-state index in [1.54, 1.807) is 18.4 Å². The van der Waals surface area contributed by atoms with Crippen LogP contribution in [-0.4, -0.2) is 34.0 Å². The Morgan fingerprint density at radius 3 is 3.04 bits per heavy atom. The number of methoxy groups -OCH3 is 1. The molecule has 10 heteroatoms. The third-order valence-corrected chi connectivity index (χ3v) is 6.68.